The van der Waals surface area contributed by atoms with Gasteiger partial charge in [0.25, 0.3) is 0 Å². The summed E-state index contributed by atoms with van der Waals surface area (Å²) in [5, 5.41) is 4.43. The molecule has 0 aromatic carbocycles. The molecule has 1 aromatic rings. The van der Waals surface area contributed by atoms with E-state index in [0.29, 0.717) is 18.3 Å². The highest BCUT2D eigenvalue weighted by atomic mass is 32.1. The number of thiazole rings is 1. The number of nitrogens with zero attached hydrogens (tertiary/aromatic N) is 1. The van der Waals surface area contributed by atoms with Gasteiger partial charge in [0, 0.05) is 18.4 Å². The Hall–Kier alpha value is -1.62. The van der Waals surface area contributed by atoms with E-state index in [-0.39, 0.29) is 22.9 Å². The van der Waals surface area contributed by atoms with Crippen LogP contribution in [0.25, 0.3) is 5.57 Å². The van der Waals surface area contributed by atoms with Crippen molar-refractivity contribution in [2.24, 2.45) is 28.6 Å². The Kier molecular flexibility index (Phi) is 5.76. The first-order valence-electron chi connectivity index (χ1n) is 12.7. The number of ether oxygens (including phenoxy) is 1. The molecule has 5 heteroatoms. The van der Waals surface area contributed by atoms with Gasteiger partial charge in [-0.25, -0.2) is 4.98 Å². The fourth-order valence-electron chi connectivity index (χ4n) is 7.68. The zero-order valence-electron chi connectivity index (χ0n) is 19.9. The Balaban J connectivity index is 1.40. The van der Waals surface area contributed by atoms with Gasteiger partial charge in [-0.3, -0.25) is 4.79 Å². The van der Waals surface area contributed by atoms with Crippen molar-refractivity contribution in [2.45, 2.75) is 84.7 Å². The minimum Gasteiger partial charge on any atom is -0.462 e. The van der Waals surface area contributed by atoms with E-state index in [1.807, 2.05) is 17.4 Å². The van der Waals surface area contributed by atoms with Crippen LogP contribution in [0.2, 0.25) is 0 Å². The van der Waals surface area contributed by atoms with Crippen LogP contribution < -0.4 is 5.32 Å². The number of carbonyl (C=O) groups excluding carboxylic acids is 1. The number of allylic oxidation sites excluding steroid dienone is 2. The van der Waals surface area contributed by atoms with Crippen molar-refractivity contribution < 1.29 is 9.53 Å². The number of aryl methyl sites for hydroxylation is 1. The summed E-state index contributed by atoms with van der Waals surface area (Å²) >= 11 is 1.83. The second kappa shape index (κ2) is 8.30. The Bertz CT molecular complexity index is 936. The molecule has 4 aliphatic rings. The molecule has 0 saturated heterocycles. The lowest BCUT2D eigenvalue weighted by Crippen LogP contribution is -2.50. The van der Waals surface area contributed by atoms with E-state index in [1.54, 1.807) is 5.57 Å². The number of rotatable bonds is 6. The maximum Gasteiger partial charge on any atom is 0.306 e. The number of nitrogens with one attached hydrogen (secondary N) is 1. The molecule has 0 unspecified atom stereocenters. The Morgan fingerprint density at radius 1 is 1.31 bits per heavy atom. The predicted octanol–water partition coefficient (Wildman–Crippen LogP) is 6.64. The van der Waals surface area contributed by atoms with Crippen molar-refractivity contribution in [3.05, 3.63) is 29.3 Å². The highest BCUT2D eigenvalue weighted by molar-refractivity contribution is 7.16. The normalized spacial score (nSPS) is 37.4. The molecule has 1 N–H and O–H groups in total. The van der Waals surface area contributed by atoms with Crippen LogP contribution in [0.1, 0.15) is 82.7 Å². The smallest absolute Gasteiger partial charge is 0.306 e. The van der Waals surface area contributed by atoms with Crippen molar-refractivity contribution in [3.8, 4) is 0 Å². The van der Waals surface area contributed by atoms with Gasteiger partial charge >= 0.3 is 5.97 Å². The lowest BCUT2D eigenvalue weighted by Gasteiger charge is -2.56. The summed E-state index contributed by atoms with van der Waals surface area (Å²) in [6.07, 6.45) is 14.1. The molecule has 4 nitrogen and oxygen atoms in total. The van der Waals surface area contributed by atoms with Gasteiger partial charge in [-0.1, -0.05) is 44.3 Å². The van der Waals surface area contributed by atoms with Crippen LogP contribution in [0.5, 0.6) is 0 Å². The van der Waals surface area contributed by atoms with Crippen molar-refractivity contribution in [1.29, 1.82) is 0 Å². The second-order valence-corrected chi connectivity index (χ2v) is 12.0. The van der Waals surface area contributed by atoms with Crippen LogP contribution in [-0.4, -0.2) is 23.6 Å². The molecule has 0 radical (unpaired) electrons. The van der Waals surface area contributed by atoms with Crippen LogP contribution in [-0.2, 0) is 16.0 Å². The van der Waals surface area contributed by atoms with Gasteiger partial charge in [0.15, 0.2) is 5.13 Å². The van der Waals surface area contributed by atoms with E-state index < -0.39 is 0 Å². The van der Waals surface area contributed by atoms with E-state index in [1.165, 1.54) is 36.3 Å². The molecular weight excluding hydrogens is 416 g/mol. The average Bonchev–Trinajstić information content (AvgIpc) is 3.33. The van der Waals surface area contributed by atoms with Crippen molar-refractivity contribution >= 4 is 28.0 Å². The Morgan fingerprint density at radius 3 is 2.94 bits per heavy atom. The molecule has 0 aliphatic heterocycles. The zero-order chi connectivity index (χ0) is 22.5. The van der Waals surface area contributed by atoms with Crippen molar-refractivity contribution in [1.82, 2.24) is 4.98 Å². The molecule has 174 valence electrons. The molecular formula is C27H38N2O2S. The first kappa shape index (κ1) is 22.2. The quantitative estimate of drug-likeness (QED) is 0.387. The zero-order valence-corrected chi connectivity index (χ0v) is 20.7. The minimum atomic E-state index is 0.00478. The van der Waals surface area contributed by atoms with Crippen LogP contribution >= 0.6 is 11.3 Å². The SMILES string of the molecule is C=CCNc1nc2c(s1)C1=CC[C@H]3[C@@H]4CC[C@H](OC(=O)CCC)[C@@]4(C)CC[C@@H]3[C@@]1(C)CC2. The van der Waals surface area contributed by atoms with Gasteiger partial charge in [-0.05, 0) is 80.1 Å². The van der Waals surface area contributed by atoms with Crippen LogP contribution in [0, 0.1) is 28.6 Å². The Morgan fingerprint density at radius 2 is 2.16 bits per heavy atom. The number of fused-ring (bicyclic) bond motifs is 7. The summed E-state index contributed by atoms with van der Waals surface area (Å²) in [5.74, 6) is 2.11. The number of carbonyl (C=O) groups is 1. The predicted molar refractivity (Wildman–Crippen MR) is 132 cm³/mol. The second-order valence-electron chi connectivity index (χ2n) is 11.0. The standard InChI is InChI=1S/C27H38N2O2S/c1-5-7-23(30)31-22-11-10-18-17-8-9-20-24-21(29-25(32-24)28-16-6-2)13-15-26(20,3)19(17)12-14-27(18,22)4/h6,9,17-19,22H,2,5,7-8,10-16H2,1,3-4H3,(H,28,29)/t17-,18-,19-,22-,26+,27-/m0/s1. The topological polar surface area (TPSA) is 51.2 Å². The third-order valence-electron chi connectivity index (χ3n) is 9.33. The van der Waals surface area contributed by atoms with E-state index in [4.69, 9.17) is 9.72 Å². The molecule has 1 aromatic heterocycles. The number of anilines is 1. The summed E-state index contributed by atoms with van der Waals surface area (Å²) in [7, 11) is 0. The molecule has 1 heterocycles. The number of hydrogen-bond acceptors (Lipinski definition) is 5. The van der Waals surface area contributed by atoms with E-state index in [0.717, 1.165) is 43.3 Å². The first-order valence-corrected chi connectivity index (χ1v) is 13.5. The van der Waals surface area contributed by atoms with Crippen LogP contribution in [0.3, 0.4) is 0 Å². The lowest BCUT2D eigenvalue weighted by atomic mass is 9.48. The highest BCUT2D eigenvalue weighted by Crippen LogP contribution is 2.66. The first-order chi connectivity index (χ1) is 15.4. The Labute approximate surface area is 196 Å². The molecule has 6 atom stereocenters. The fraction of sp³-hybridized carbons (Fsp3) is 0.704. The van der Waals surface area contributed by atoms with E-state index >= 15 is 0 Å². The van der Waals surface area contributed by atoms with Crippen LogP contribution in [0.15, 0.2) is 18.7 Å². The molecule has 0 amide bonds. The van der Waals surface area contributed by atoms with Gasteiger partial charge in [0.2, 0.25) is 0 Å². The molecule has 4 aliphatic carbocycles. The number of aromatic nitrogens is 1. The molecule has 2 saturated carbocycles. The molecule has 5 rings (SSSR count). The van der Waals surface area contributed by atoms with E-state index in [2.05, 4.69) is 38.7 Å². The monoisotopic (exact) mass is 454 g/mol. The molecule has 2 fully saturated rings. The summed E-state index contributed by atoms with van der Waals surface area (Å²) in [5.41, 5.74) is 3.25. The van der Waals surface area contributed by atoms with Crippen molar-refractivity contribution in [3.63, 3.8) is 0 Å². The maximum atomic E-state index is 12.3. The van der Waals surface area contributed by atoms with Gasteiger partial charge in [-0.2, -0.15) is 0 Å². The fourth-order valence-corrected chi connectivity index (χ4v) is 8.87. The van der Waals surface area contributed by atoms with Gasteiger partial charge in [0.1, 0.15) is 6.10 Å². The van der Waals surface area contributed by atoms with E-state index in [9.17, 15) is 4.79 Å². The highest BCUT2D eigenvalue weighted by Gasteiger charge is 2.60. The summed E-state index contributed by atoms with van der Waals surface area (Å²) in [6, 6.07) is 0. The summed E-state index contributed by atoms with van der Waals surface area (Å²) in [4.78, 5) is 18.6. The largest absolute Gasteiger partial charge is 0.462 e. The molecule has 0 bridgehead atoms. The third kappa shape index (κ3) is 3.38. The molecule has 32 heavy (non-hydrogen) atoms. The van der Waals surface area contributed by atoms with Crippen LogP contribution in [0.4, 0.5) is 5.13 Å². The number of hydrogen-bond donors (Lipinski definition) is 1. The summed E-state index contributed by atoms with van der Waals surface area (Å²) < 4.78 is 6.04. The maximum absolute atomic E-state index is 12.3. The lowest BCUT2D eigenvalue weighted by molar-refractivity contribution is -0.159. The summed E-state index contributed by atoms with van der Waals surface area (Å²) in [6.45, 7) is 11.6. The number of esters is 1. The third-order valence-corrected chi connectivity index (χ3v) is 10.4. The van der Waals surface area contributed by atoms with Gasteiger partial charge < -0.3 is 10.1 Å². The van der Waals surface area contributed by atoms with Crippen molar-refractivity contribution in [2.75, 3.05) is 11.9 Å². The van der Waals surface area contributed by atoms with Gasteiger partial charge in [-0.15, -0.1) is 6.58 Å². The average molecular weight is 455 g/mol. The minimum absolute atomic E-state index is 0.00478. The molecule has 0 spiro atoms. The van der Waals surface area contributed by atoms with Gasteiger partial charge in [0.05, 0.1) is 10.6 Å².